The topological polar surface area (TPSA) is 110 Å². The fourth-order valence-electron chi connectivity index (χ4n) is 2.97. The van der Waals surface area contributed by atoms with E-state index in [1.54, 1.807) is 4.90 Å². The zero-order valence-corrected chi connectivity index (χ0v) is 16.6. The van der Waals surface area contributed by atoms with Crippen LogP contribution in [0.2, 0.25) is 0 Å². The van der Waals surface area contributed by atoms with Crippen molar-refractivity contribution in [2.45, 2.75) is 18.2 Å². The maximum Gasteiger partial charge on any atom is 0.321 e. The van der Waals surface area contributed by atoms with Crippen molar-refractivity contribution in [3.05, 3.63) is 59.7 Å². The van der Waals surface area contributed by atoms with E-state index in [-0.39, 0.29) is 16.6 Å². The number of hydrogen-bond acceptors (Lipinski definition) is 6. The number of amides is 1. The summed E-state index contributed by atoms with van der Waals surface area (Å²) in [6.07, 6.45) is 0.734. The molecule has 1 N–H and O–H groups in total. The van der Waals surface area contributed by atoms with Crippen LogP contribution in [0, 0.1) is 0 Å². The summed E-state index contributed by atoms with van der Waals surface area (Å²) in [5, 5.41) is 0. The average Bonchev–Trinajstić information content (AvgIpc) is 3.15. The van der Waals surface area contributed by atoms with Crippen LogP contribution in [0.4, 0.5) is 5.69 Å². The van der Waals surface area contributed by atoms with Gasteiger partial charge in [-0.05, 0) is 37.1 Å². The Morgan fingerprint density at radius 1 is 1.07 bits per heavy atom. The van der Waals surface area contributed by atoms with Gasteiger partial charge in [-0.3, -0.25) is 14.4 Å². The van der Waals surface area contributed by atoms with Gasteiger partial charge in [0.05, 0.1) is 4.90 Å². The van der Waals surface area contributed by atoms with Gasteiger partial charge in [-0.1, -0.05) is 30.3 Å². The van der Waals surface area contributed by atoms with E-state index in [4.69, 9.17) is 4.74 Å². The lowest BCUT2D eigenvalue weighted by Crippen LogP contribution is -2.36. The molecule has 3 rings (SSSR count). The van der Waals surface area contributed by atoms with Crippen LogP contribution >= 0.6 is 0 Å². The van der Waals surface area contributed by atoms with E-state index >= 15 is 0 Å². The average molecular weight is 416 g/mol. The monoisotopic (exact) mass is 416 g/mol. The van der Waals surface area contributed by atoms with Gasteiger partial charge >= 0.3 is 5.97 Å². The summed E-state index contributed by atoms with van der Waals surface area (Å²) >= 11 is 0. The van der Waals surface area contributed by atoms with Crippen molar-refractivity contribution in [1.82, 2.24) is 4.72 Å². The molecule has 152 valence electrons. The van der Waals surface area contributed by atoms with Crippen LogP contribution in [0.25, 0.3) is 0 Å². The van der Waals surface area contributed by atoms with Gasteiger partial charge < -0.3 is 9.64 Å². The number of anilines is 1. The van der Waals surface area contributed by atoms with Crippen molar-refractivity contribution >= 4 is 33.4 Å². The molecule has 9 heteroatoms. The molecule has 1 aliphatic rings. The van der Waals surface area contributed by atoms with Crippen LogP contribution < -0.4 is 9.62 Å². The molecule has 29 heavy (non-hydrogen) atoms. The number of sulfonamides is 1. The van der Waals surface area contributed by atoms with Crippen LogP contribution in [0.5, 0.6) is 0 Å². The van der Waals surface area contributed by atoms with Gasteiger partial charge in [0.15, 0.2) is 12.4 Å². The lowest BCUT2D eigenvalue weighted by atomic mass is 10.2. The third-order valence-corrected chi connectivity index (χ3v) is 5.94. The van der Waals surface area contributed by atoms with E-state index in [0.717, 1.165) is 17.7 Å². The van der Waals surface area contributed by atoms with Gasteiger partial charge in [0.1, 0.15) is 6.54 Å². The van der Waals surface area contributed by atoms with Crippen LogP contribution in [-0.4, -0.2) is 45.8 Å². The minimum absolute atomic E-state index is 0.0833. The molecule has 0 aromatic heterocycles. The molecule has 0 radical (unpaired) electrons. The fraction of sp³-hybridized carbons (Fsp3) is 0.250. The molecular formula is C20H20N2O6S. The van der Waals surface area contributed by atoms with E-state index in [9.17, 15) is 22.8 Å². The largest absolute Gasteiger partial charge is 0.455 e. The highest BCUT2D eigenvalue weighted by Gasteiger charge is 2.25. The molecule has 8 nitrogen and oxygen atoms in total. The molecule has 1 aliphatic heterocycles. The van der Waals surface area contributed by atoms with Gasteiger partial charge in [-0.25, -0.2) is 8.42 Å². The summed E-state index contributed by atoms with van der Waals surface area (Å²) in [6, 6.07) is 12.8. The number of para-hydroxylation sites is 1. The Kier molecular flexibility index (Phi) is 6.09. The fourth-order valence-corrected chi connectivity index (χ4v) is 3.94. The van der Waals surface area contributed by atoms with E-state index in [1.807, 2.05) is 24.3 Å². The molecule has 2 aromatic rings. The highest BCUT2D eigenvalue weighted by atomic mass is 32.2. The van der Waals surface area contributed by atoms with E-state index in [2.05, 4.69) is 4.72 Å². The smallest absolute Gasteiger partial charge is 0.321 e. The molecule has 0 unspecified atom stereocenters. The first-order valence-electron chi connectivity index (χ1n) is 8.92. The van der Waals surface area contributed by atoms with Gasteiger partial charge in [-0.2, -0.15) is 4.72 Å². The molecule has 0 atom stereocenters. The molecule has 0 bridgehead atoms. The van der Waals surface area contributed by atoms with Crippen molar-refractivity contribution in [3.8, 4) is 0 Å². The van der Waals surface area contributed by atoms with Crippen LogP contribution in [0.15, 0.2) is 53.4 Å². The van der Waals surface area contributed by atoms with Gasteiger partial charge in [0.25, 0.3) is 5.91 Å². The van der Waals surface area contributed by atoms with Gasteiger partial charge in [-0.15, -0.1) is 0 Å². The Morgan fingerprint density at radius 2 is 1.76 bits per heavy atom. The number of benzene rings is 2. The summed E-state index contributed by atoms with van der Waals surface area (Å²) in [5.41, 5.74) is 2.23. The summed E-state index contributed by atoms with van der Waals surface area (Å²) < 4.78 is 31.5. The van der Waals surface area contributed by atoms with Gasteiger partial charge in [0, 0.05) is 17.8 Å². The number of carbonyl (C=O) groups excluding carboxylic acids is 3. The normalized spacial score (nSPS) is 13.1. The lowest BCUT2D eigenvalue weighted by Gasteiger charge is -2.17. The highest BCUT2D eigenvalue weighted by Crippen LogP contribution is 2.27. The Hall–Kier alpha value is -3.04. The molecule has 0 saturated heterocycles. The number of esters is 1. The SMILES string of the molecule is CC(=O)c1ccc(S(=O)(=O)NCC(=O)OCC(=O)N2CCc3ccccc32)cc1. The first kappa shape index (κ1) is 20.7. The summed E-state index contributed by atoms with van der Waals surface area (Å²) in [4.78, 5) is 36.9. The number of nitrogens with one attached hydrogen (secondary N) is 1. The zero-order chi connectivity index (χ0) is 21.0. The van der Waals surface area contributed by atoms with Gasteiger partial charge in [0.2, 0.25) is 10.0 Å². The maximum atomic E-state index is 12.3. The number of nitrogens with zero attached hydrogens (tertiary/aromatic N) is 1. The Labute approximate surface area is 168 Å². The summed E-state index contributed by atoms with van der Waals surface area (Å²) in [7, 11) is -3.95. The Morgan fingerprint density at radius 3 is 2.45 bits per heavy atom. The van der Waals surface area contributed by atoms with E-state index < -0.39 is 29.1 Å². The van der Waals surface area contributed by atoms with Crippen molar-refractivity contribution < 1.29 is 27.5 Å². The van der Waals surface area contributed by atoms with Crippen LogP contribution in [0.1, 0.15) is 22.8 Å². The molecule has 0 saturated carbocycles. The number of carbonyl (C=O) groups is 3. The molecular weight excluding hydrogens is 396 g/mol. The number of fused-ring (bicyclic) bond motifs is 1. The van der Waals surface area contributed by atoms with Crippen molar-refractivity contribution in [2.75, 3.05) is 24.6 Å². The van der Waals surface area contributed by atoms with E-state index in [1.165, 1.54) is 31.2 Å². The third kappa shape index (κ3) is 4.87. The van der Waals surface area contributed by atoms with E-state index in [0.29, 0.717) is 12.1 Å². The lowest BCUT2D eigenvalue weighted by molar-refractivity contribution is -0.146. The maximum absolute atomic E-state index is 12.3. The minimum Gasteiger partial charge on any atom is -0.455 e. The first-order valence-corrected chi connectivity index (χ1v) is 10.4. The second-order valence-electron chi connectivity index (χ2n) is 6.49. The first-order chi connectivity index (χ1) is 13.8. The van der Waals surface area contributed by atoms with Crippen molar-refractivity contribution in [2.24, 2.45) is 0 Å². The molecule has 1 heterocycles. The summed E-state index contributed by atoms with van der Waals surface area (Å²) in [5.74, 6) is -1.42. The van der Waals surface area contributed by atoms with Crippen LogP contribution in [-0.2, 0) is 30.8 Å². The molecule has 2 aromatic carbocycles. The number of ketones is 1. The standard InChI is InChI=1S/C20H20N2O6S/c1-14(23)15-6-8-17(9-7-15)29(26,27)21-12-20(25)28-13-19(24)22-11-10-16-4-2-3-5-18(16)22/h2-9,21H,10-13H2,1H3. The van der Waals surface area contributed by atoms with Crippen LogP contribution in [0.3, 0.4) is 0 Å². The second-order valence-corrected chi connectivity index (χ2v) is 8.26. The Balaban J connectivity index is 1.51. The molecule has 1 amide bonds. The molecule has 0 spiro atoms. The third-order valence-electron chi connectivity index (χ3n) is 4.52. The van der Waals surface area contributed by atoms with Crippen molar-refractivity contribution in [1.29, 1.82) is 0 Å². The number of hydrogen-bond donors (Lipinski definition) is 1. The van der Waals surface area contributed by atoms with Crippen molar-refractivity contribution in [3.63, 3.8) is 0 Å². The zero-order valence-electron chi connectivity index (χ0n) is 15.8. The molecule has 0 fully saturated rings. The predicted molar refractivity (Wildman–Crippen MR) is 105 cm³/mol. The number of ether oxygens (including phenoxy) is 1. The summed E-state index contributed by atoms with van der Waals surface area (Å²) in [6.45, 7) is 0.807. The molecule has 0 aliphatic carbocycles. The number of Topliss-reactive ketones (excluding diaryl/α,β-unsaturated/α-hetero) is 1. The minimum atomic E-state index is -3.95. The quantitative estimate of drug-likeness (QED) is 0.538. The second kappa shape index (κ2) is 8.54. The highest BCUT2D eigenvalue weighted by molar-refractivity contribution is 7.89. The number of rotatable bonds is 7. The Bertz CT molecular complexity index is 1050. The predicted octanol–water partition coefficient (Wildman–Crippen LogP) is 1.30.